The Hall–Kier alpha value is -3.30. The van der Waals surface area contributed by atoms with Gasteiger partial charge in [-0.1, -0.05) is 24.3 Å². The summed E-state index contributed by atoms with van der Waals surface area (Å²) < 4.78 is 40.3. The molecule has 1 unspecified atom stereocenters. The van der Waals surface area contributed by atoms with Crippen LogP contribution in [0.3, 0.4) is 0 Å². The third-order valence-electron chi connectivity index (χ3n) is 5.65. The molecule has 3 heterocycles. The van der Waals surface area contributed by atoms with Crippen molar-refractivity contribution in [3.05, 3.63) is 71.3 Å². The zero-order valence-corrected chi connectivity index (χ0v) is 17.4. The number of piperidine rings is 1. The molecule has 0 aliphatic carbocycles. The van der Waals surface area contributed by atoms with E-state index in [2.05, 4.69) is 20.5 Å². The summed E-state index contributed by atoms with van der Waals surface area (Å²) in [4.78, 5) is 19.0. The molecular formula is C22H23F3N6O. The lowest BCUT2D eigenvalue weighted by Crippen LogP contribution is -2.39. The average Bonchev–Trinajstić information content (AvgIpc) is 3.31. The van der Waals surface area contributed by atoms with Gasteiger partial charge in [0.25, 0.3) is 0 Å². The molecule has 1 saturated heterocycles. The van der Waals surface area contributed by atoms with Crippen LogP contribution < -0.4 is 0 Å². The van der Waals surface area contributed by atoms with Gasteiger partial charge in [0, 0.05) is 37.3 Å². The summed E-state index contributed by atoms with van der Waals surface area (Å²) in [6.07, 6.45) is 1.40. The molecule has 1 aliphatic heterocycles. The summed E-state index contributed by atoms with van der Waals surface area (Å²) in [5.74, 6) is 0.203. The highest BCUT2D eigenvalue weighted by atomic mass is 19.4. The van der Waals surface area contributed by atoms with Gasteiger partial charge in [-0.3, -0.25) is 9.78 Å². The molecule has 7 nitrogen and oxygen atoms in total. The van der Waals surface area contributed by atoms with E-state index >= 15 is 0 Å². The van der Waals surface area contributed by atoms with Crippen LogP contribution in [0.4, 0.5) is 13.2 Å². The Labute approximate surface area is 183 Å². The number of likely N-dealkylation sites (tertiary alicyclic amines) is 1. The van der Waals surface area contributed by atoms with Crippen molar-refractivity contribution in [3.63, 3.8) is 0 Å². The number of pyridine rings is 1. The Kier molecular flexibility index (Phi) is 6.48. The van der Waals surface area contributed by atoms with Crippen LogP contribution in [-0.2, 0) is 23.9 Å². The third-order valence-corrected chi connectivity index (χ3v) is 5.65. The predicted molar refractivity (Wildman–Crippen MR) is 109 cm³/mol. The number of nitrogens with zero attached hydrogens (tertiary/aromatic N) is 6. The third kappa shape index (κ3) is 5.49. The second-order valence-electron chi connectivity index (χ2n) is 7.97. The Morgan fingerprint density at radius 1 is 1.16 bits per heavy atom. The molecule has 2 aromatic heterocycles. The van der Waals surface area contributed by atoms with Gasteiger partial charge < -0.3 is 4.90 Å². The Balaban J connectivity index is 1.35. The van der Waals surface area contributed by atoms with Gasteiger partial charge in [-0.2, -0.15) is 13.2 Å². The zero-order chi connectivity index (χ0) is 22.6. The molecule has 32 heavy (non-hydrogen) atoms. The van der Waals surface area contributed by atoms with E-state index in [1.807, 2.05) is 17.0 Å². The fourth-order valence-electron chi connectivity index (χ4n) is 3.97. The van der Waals surface area contributed by atoms with Crippen LogP contribution >= 0.6 is 0 Å². The number of tetrazole rings is 1. The van der Waals surface area contributed by atoms with E-state index in [4.69, 9.17) is 0 Å². The van der Waals surface area contributed by atoms with E-state index in [1.54, 1.807) is 12.3 Å². The second kappa shape index (κ2) is 9.46. The summed E-state index contributed by atoms with van der Waals surface area (Å²) in [5.41, 5.74) is 1.69. The first-order valence-electron chi connectivity index (χ1n) is 10.5. The molecule has 0 N–H and O–H groups in total. The molecule has 10 heteroatoms. The van der Waals surface area contributed by atoms with Crippen LogP contribution in [0.15, 0.2) is 48.9 Å². The lowest BCUT2D eigenvalue weighted by Gasteiger charge is -2.32. The summed E-state index contributed by atoms with van der Waals surface area (Å²) in [5, 5.41) is 10.9. The first-order valence-corrected chi connectivity index (χ1v) is 10.5. The fourth-order valence-corrected chi connectivity index (χ4v) is 3.97. The first kappa shape index (κ1) is 21.9. The minimum absolute atomic E-state index is 0.0615. The van der Waals surface area contributed by atoms with Gasteiger partial charge in [-0.05, 0) is 52.9 Å². The van der Waals surface area contributed by atoms with Crippen molar-refractivity contribution in [1.82, 2.24) is 30.1 Å². The van der Waals surface area contributed by atoms with E-state index in [9.17, 15) is 18.0 Å². The van der Waals surface area contributed by atoms with Gasteiger partial charge in [0.1, 0.15) is 6.33 Å². The van der Waals surface area contributed by atoms with Gasteiger partial charge in [-0.15, -0.1) is 5.10 Å². The monoisotopic (exact) mass is 444 g/mol. The second-order valence-corrected chi connectivity index (χ2v) is 7.97. The highest BCUT2D eigenvalue weighted by molar-refractivity contribution is 5.76. The number of amides is 1. The smallest absolute Gasteiger partial charge is 0.342 e. The molecule has 0 radical (unpaired) electrons. The molecule has 0 saturated carbocycles. The number of alkyl halides is 3. The van der Waals surface area contributed by atoms with Gasteiger partial charge >= 0.3 is 6.18 Å². The van der Waals surface area contributed by atoms with E-state index in [1.165, 1.54) is 23.1 Å². The summed E-state index contributed by atoms with van der Waals surface area (Å²) in [6.45, 7) is 1.77. The number of carbonyl (C=O) groups excluding carboxylic acids is 1. The molecule has 1 fully saturated rings. The standard InChI is InChI=1S/C22H23F3N6O/c23-22(24,25)19-5-1-3-16(12-19)11-17-6-7-20(26-13-17)18-4-2-9-30(14-18)21(32)8-10-31-15-27-28-29-31/h1,3,5-7,12-13,15,18H,2,4,8-11,14H2. The number of hydrogen-bond acceptors (Lipinski definition) is 5. The molecule has 1 atom stereocenters. The van der Waals surface area contributed by atoms with Crippen LogP contribution in [0.25, 0.3) is 0 Å². The summed E-state index contributed by atoms with van der Waals surface area (Å²) in [7, 11) is 0. The molecule has 0 spiro atoms. The quantitative estimate of drug-likeness (QED) is 0.582. The van der Waals surface area contributed by atoms with E-state index in [-0.39, 0.29) is 11.8 Å². The lowest BCUT2D eigenvalue weighted by atomic mass is 9.93. The highest BCUT2D eigenvalue weighted by Gasteiger charge is 2.30. The Morgan fingerprint density at radius 3 is 2.75 bits per heavy atom. The van der Waals surface area contributed by atoms with Crippen molar-refractivity contribution in [2.75, 3.05) is 13.1 Å². The molecular weight excluding hydrogens is 421 g/mol. The Morgan fingerprint density at radius 2 is 2.03 bits per heavy atom. The average molecular weight is 444 g/mol. The lowest BCUT2D eigenvalue weighted by molar-refractivity contribution is -0.137. The van der Waals surface area contributed by atoms with Crippen molar-refractivity contribution in [3.8, 4) is 0 Å². The molecule has 3 aromatic rings. The zero-order valence-electron chi connectivity index (χ0n) is 17.4. The van der Waals surface area contributed by atoms with Crippen LogP contribution in [0.2, 0.25) is 0 Å². The molecule has 1 aliphatic rings. The number of benzene rings is 1. The van der Waals surface area contributed by atoms with Crippen LogP contribution in [0.5, 0.6) is 0 Å². The maximum absolute atomic E-state index is 12.9. The Bertz CT molecular complexity index is 1040. The molecule has 4 rings (SSSR count). The van der Waals surface area contributed by atoms with E-state index < -0.39 is 11.7 Å². The molecule has 1 amide bonds. The normalized spacial score (nSPS) is 16.8. The maximum Gasteiger partial charge on any atom is 0.416 e. The van der Waals surface area contributed by atoms with Crippen LogP contribution in [0, 0.1) is 0 Å². The predicted octanol–water partition coefficient (Wildman–Crippen LogP) is 3.47. The molecule has 1 aromatic carbocycles. The number of aromatic nitrogens is 5. The van der Waals surface area contributed by atoms with Crippen LogP contribution in [-0.4, -0.2) is 49.1 Å². The van der Waals surface area contributed by atoms with Crippen LogP contribution in [0.1, 0.15) is 47.6 Å². The number of aryl methyl sites for hydroxylation is 1. The summed E-state index contributed by atoms with van der Waals surface area (Å²) in [6, 6.07) is 9.18. The van der Waals surface area contributed by atoms with Gasteiger partial charge in [-0.25, -0.2) is 4.68 Å². The van der Waals surface area contributed by atoms with E-state index in [0.29, 0.717) is 31.5 Å². The van der Waals surface area contributed by atoms with Crippen molar-refractivity contribution in [2.24, 2.45) is 0 Å². The minimum atomic E-state index is -4.35. The number of hydrogen-bond donors (Lipinski definition) is 0. The number of carbonyl (C=O) groups is 1. The van der Waals surface area contributed by atoms with E-state index in [0.717, 1.165) is 36.7 Å². The SMILES string of the molecule is O=C(CCn1cnnn1)N1CCCC(c2ccc(Cc3cccc(C(F)(F)F)c3)cn2)C1. The van der Waals surface area contributed by atoms with Gasteiger partial charge in [0.05, 0.1) is 12.1 Å². The van der Waals surface area contributed by atoms with Crippen molar-refractivity contribution >= 4 is 5.91 Å². The van der Waals surface area contributed by atoms with Crippen molar-refractivity contribution < 1.29 is 18.0 Å². The maximum atomic E-state index is 12.9. The summed E-state index contributed by atoms with van der Waals surface area (Å²) >= 11 is 0. The minimum Gasteiger partial charge on any atom is -0.342 e. The van der Waals surface area contributed by atoms with Gasteiger partial charge in [0.2, 0.25) is 5.91 Å². The molecule has 168 valence electrons. The van der Waals surface area contributed by atoms with Crippen molar-refractivity contribution in [2.45, 2.75) is 44.3 Å². The topological polar surface area (TPSA) is 76.8 Å². The largest absolute Gasteiger partial charge is 0.416 e. The molecule has 0 bridgehead atoms. The number of halogens is 3. The highest BCUT2D eigenvalue weighted by Crippen LogP contribution is 2.30. The number of rotatable bonds is 6. The van der Waals surface area contributed by atoms with Gasteiger partial charge in [0.15, 0.2) is 0 Å². The fraction of sp³-hybridized carbons (Fsp3) is 0.409. The first-order chi connectivity index (χ1) is 15.4. The van der Waals surface area contributed by atoms with Crippen molar-refractivity contribution in [1.29, 1.82) is 0 Å².